The molecule has 2 nitrogen and oxygen atoms in total. The van der Waals surface area contributed by atoms with Gasteiger partial charge in [0.2, 0.25) is 0 Å². The van der Waals surface area contributed by atoms with Crippen molar-refractivity contribution in [3.63, 3.8) is 0 Å². The smallest absolute Gasteiger partial charge is 0.184 e. The molecular formula is C13H15BrN2S. The summed E-state index contributed by atoms with van der Waals surface area (Å²) in [7, 11) is 0. The molecule has 1 aromatic heterocycles. The second kappa shape index (κ2) is 4.58. The summed E-state index contributed by atoms with van der Waals surface area (Å²) in [5, 5.41) is 4.64. The van der Waals surface area contributed by atoms with Crippen molar-refractivity contribution in [1.29, 1.82) is 0 Å². The van der Waals surface area contributed by atoms with E-state index in [0.717, 1.165) is 21.0 Å². The number of nitrogens with zero attached hydrogens (tertiary/aromatic N) is 1. The Balaban J connectivity index is 1.81. The summed E-state index contributed by atoms with van der Waals surface area (Å²) >= 11 is 5.24. The number of fused-ring (bicyclic) bond motifs is 1. The van der Waals surface area contributed by atoms with Crippen LogP contribution in [-0.4, -0.2) is 11.0 Å². The lowest BCUT2D eigenvalue weighted by molar-refractivity contribution is 0.602. The van der Waals surface area contributed by atoms with Crippen LogP contribution in [0.5, 0.6) is 0 Å². The van der Waals surface area contributed by atoms with Crippen molar-refractivity contribution < 1.29 is 0 Å². The predicted molar refractivity (Wildman–Crippen MR) is 77.7 cm³/mol. The lowest BCUT2D eigenvalue weighted by atomic mass is 10.1. The summed E-state index contributed by atoms with van der Waals surface area (Å²) in [5.41, 5.74) is 1.09. The lowest BCUT2D eigenvalue weighted by Gasteiger charge is -2.10. The van der Waals surface area contributed by atoms with Gasteiger partial charge in [-0.2, -0.15) is 0 Å². The molecule has 2 atom stereocenters. The fourth-order valence-corrected chi connectivity index (χ4v) is 3.97. The summed E-state index contributed by atoms with van der Waals surface area (Å²) in [4.78, 5) is 4.63. The van der Waals surface area contributed by atoms with Gasteiger partial charge in [-0.1, -0.05) is 34.2 Å². The van der Waals surface area contributed by atoms with Crippen molar-refractivity contribution >= 4 is 42.6 Å². The molecule has 0 aliphatic heterocycles. The number of benzene rings is 1. The zero-order valence-corrected chi connectivity index (χ0v) is 12.1. The zero-order valence-electron chi connectivity index (χ0n) is 9.74. The minimum atomic E-state index is 0.619. The van der Waals surface area contributed by atoms with Crippen molar-refractivity contribution in [2.24, 2.45) is 5.92 Å². The number of nitrogens with one attached hydrogen (secondary N) is 1. The predicted octanol–water partition coefficient (Wildman–Crippen LogP) is 4.66. The van der Waals surface area contributed by atoms with Gasteiger partial charge in [-0.05, 0) is 43.4 Å². The molecule has 1 N–H and O–H groups in total. The standard InChI is InChI=1S/C13H15BrN2S/c1-8-2-4-10(6-8)15-13-16-11-5-3-9(14)7-12(11)17-13/h3,5,7-8,10H,2,4,6H2,1H3,(H,15,16). The van der Waals surface area contributed by atoms with E-state index < -0.39 is 0 Å². The number of halogens is 1. The van der Waals surface area contributed by atoms with Crippen LogP contribution in [0.1, 0.15) is 26.2 Å². The summed E-state index contributed by atoms with van der Waals surface area (Å²) in [5.74, 6) is 0.857. The Morgan fingerprint density at radius 1 is 1.41 bits per heavy atom. The number of hydrogen-bond donors (Lipinski definition) is 1. The quantitative estimate of drug-likeness (QED) is 0.872. The number of rotatable bonds is 2. The van der Waals surface area contributed by atoms with Crippen molar-refractivity contribution in [3.05, 3.63) is 22.7 Å². The maximum absolute atomic E-state index is 4.63. The van der Waals surface area contributed by atoms with E-state index in [9.17, 15) is 0 Å². The molecule has 2 unspecified atom stereocenters. The van der Waals surface area contributed by atoms with Gasteiger partial charge in [0.05, 0.1) is 10.2 Å². The minimum Gasteiger partial charge on any atom is -0.359 e. The Labute approximate surface area is 114 Å². The van der Waals surface area contributed by atoms with Gasteiger partial charge in [-0.3, -0.25) is 0 Å². The SMILES string of the molecule is CC1CCC(Nc2nc3ccc(Br)cc3s2)C1. The average molecular weight is 311 g/mol. The zero-order chi connectivity index (χ0) is 11.8. The first-order chi connectivity index (χ1) is 8.20. The Kier molecular flexibility index (Phi) is 3.09. The molecule has 17 heavy (non-hydrogen) atoms. The molecule has 1 saturated carbocycles. The molecule has 0 radical (unpaired) electrons. The van der Waals surface area contributed by atoms with Crippen molar-refractivity contribution in [2.45, 2.75) is 32.2 Å². The first-order valence-electron chi connectivity index (χ1n) is 6.03. The van der Waals surface area contributed by atoms with Crippen molar-refractivity contribution in [3.8, 4) is 0 Å². The molecule has 3 rings (SSSR count). The molecule has 90 valence electrons. The second-order valence-electron chi connectivity index (χ2n) is 4.89. The number of anilines is 1. The minimum absolute atomic E-state index is 0.619. The number of aromatic nitrogens is 1. The molecular weight excluding hydrogens is 296 g/mol. The Bertz CT molecular complexity index is 537. The largest absolute Gasteiger partial charge is 0.359 e. The molecule has 4 heteroatoms. The Hall–Kier alpha value is -0.610. The van der Waals surface area contributed by atoms with Gasteiger partial charge in [0, 0.05) is 10.5 Å². The fourth-order valence-electron chi connectivity index (χ4n) is 2.47. The number of thiazole rings is 1. The van der Waals surface area contributed by atoms with Gasteiger partial charge in [-0.15, -0.1) is 0 Å². The van der Waals surface area contributed by atoms with Crippen LogP contribution in [0.15, 0.2) is 22.7 Å². The maximum atomic E-state index is 4.63. The molecule has 1 aromatic carbocycles. The first kappa shape index (κ1) is 11.5. The summed E-state index contributed by atoms with van der Waals surface area (Å²) < 4.78 is 2.36. The van der Waals surface area contributed by atoms with Gasteiger partial charge < -0.3 is 5.32 Å². The molecule has 0 bridgehead atoms. The number of hydrogen-bond acceptors (Lipinski definition) is 3. The van der Waals surface area contributed by atoms with Crippen LogP contribution in [0.3, 0.4) is 0 Å². The topological polar surface area (TPSA) is 24.9 Å². The van der Waals surface area contributed by atoms with Gasteiger partial charge >= 0.3 is 0 Å². The molecule has 1 aliphatic rings. The van der Waals surface area contributed by atoms with Crippen molar-refractivity contribution in [2.75, 3.05) is 5.32 Å². The van der Waals surface area contributed by atoms with Crippen LogP contribution < -0.4 is 5.32 Å². The lowest BCUT2D eigenvalue weighted by Crippen LogP contribution is -2.14. The van der Waals surface area contributed by atoms with E-state index in [1.54, 1.807) is 11.3 Å². The van der Waals surface area contributed by atoms with E-state index in [2.05, 4.69) is 45.3 Å². The molecule has 0 amide bonds. The first-order valence-corrected chi connectivity index (χ1v) is 7.64. The normalized spacial score (nSPS) is 24.4. The van der Waals surface area contributed by atoms with E-state index in [1.807, 2.05) is 6.07 Å². The second-order valence-corrected chi connectivity index (χ2v) is 6.84. The van der Waals surface area contributed by atoms with Crippen LogP contribution in [-0.2, 0) is 0 Å². The van der Waals surface area contributed by atoms with Crippen LogP contribution in [0.25, 0.3) is 10.2 Å². The third-order valence-electron chi connectivity index (χ3n) is 3.37. The molecule has 1 aliphatic carbocycles. The Morgan fingerprint density at radius 2 is 2.29 bits per heavy atom. The van der Waals surface area contributed by atoms with E-state index in [1.165, 1.54) is 24.0 Å². The van der Waals surface area contributed by atoms with E-state index >= 15 is 0 Å². The van der Waals surface area contributed by atoms with Gasteiger partial charge in [0.1, 0.15) is 0 Å². The molecule has 0 spiro atoms. The summed E-state index contributed by atoms with van der Waals surface area (Å²) in [6.07, 6.45) is 3.90. The molecule has 0 saturated heterocycles. The van der Waals surface area contributed by atoms with Crippen LogP contribution in [0.4, 0.5) is 5.13 Å². The molecule has 1 fully saturated rings. The van der Waals surface area contributed by atoms with Crippen molar-refractivity contribution in [1.82, 2.24) is 4.98 Å². The summed E-state index contributed by atoms with van der Waals surface area (Å²) in [6.45, 7) is 2.33. The molecule has 2 aromatic rings. The average Bonchev–Trinajstić information content (AvgIpc) is 2.84. The Morgan fingerprint density at radius 3 is 3.06 bits per heavy atom. The van der Waals surface area contributed by atoms with Crippen LogP contribution in [0.2, 0.25) is 0 Å². The van der Waals surface area contributed by atoms with Gasteiger partial charge in [-0.25, -0.2) is 4.98 Å². The van der Waals surface area contributed by atoms with E-state index in [0.29, 0.717) is 6.04 Å². The van der Waals surface area contributed by atoms with Crippen LogP contribution in [0, 0.1) is 5.92 Å². The summed E-state index contributed by atoms with van der Waals surface area (Å²) in [6, 6.07) is 6.87. The highest BCUT2D eigenvalue weighted by Gasteiger charge is 2.21. The van der Waals surface area contributed by atoms with Crippen LogP contribution >= 0.6 is 27.3 Å². The molecule has 1 heterocycles. The third-order valence-corrected chi connectivity index (χ3v) is 4.82. The van der Waals surface area contributed by atoms with E-state index in [-0.39, 0.29) is 0 Å². The van der Waals surface area contributed by atoms with Gasteiger partial charge in [0.25, 0.3) is 0 Å². The van der Waals surface area contributed by atoms with E-state index in [4.69, 9.17) is 0 Å². The highest BCUT2D eigenvalue weighted by Crippen LogP contribution is 2.32. The third kappa shape index (κ3) is 2.47. The monoisotopic (exact) mass is 310 g/mol. The maximum Gasteiger partial charge on any atom is 0.184 e. The highest BCUT2D eigenvalue weighted by atomic mass is 79.9. The fraction of sp³-hybridized carbons (Fsp3) is 0.462. The highest BCUT2D eigenvalue weighted by molar-refractivity contribution is 9.10. The van der Waals surface area contributed by atoms with Gasteiger partial charge in [0.15, 0.2) is 5.13 Å².